The molecule has 1 aromatic rings. The van der Waals surface area contributed by atoms with E-state index in [0.29, 0.717) is 24.4 Å². The van der Waals surface area contributed by atoms with Crippen LogP contribution in [-0.2, 0) is 6.54 Å². The van der Waals surface area contributed by atoms with Gasteiger partial charge in [-0.1, -0.05) is 0 Å². The van der Waals surface area contributed by atoms with E-state index in [9.17, 15) is 4.79 Å². The highest BCUT2D eigenvalue weighted by molar-refractivity contribution is 5.97. The number of nitrogens with zero attached hydrogens (tertiary/aromatic N) is 3. The molecule has 0 amide bonds. The Hall–Kier alpha value is -1.40. The zero-order chi connectivity index (χ0) is 13.7. The number of methoxy groups -OCH3 is 1. The average Bonchev–Trinajstić information content (AvgIpc) is 2.68. The summed E-state index contributed by atoms with van der Waals surface area (Å²) < 4.78 is 6.86. The Morgan fingerprint density at radius 2 is 2.28 bits per heavy atom. The van der Waals surface area contributed by atoms with E-state index in [4.69, 9.17) is 10.5 Å². The normalized spacial score (nSPS) is 12.8. The molecule has 1 aromatic heterocycles. The maximum atomic E-state index is 12.1. The Balaban J connectivity index is 2.91. The summed E-state index contributed by atoms with van der Waals surface area (Å²) in [5, 5.41) is 4.19. The van der Waals surface area contributed by atoms with Crippen LogP contribution in [0.3, 0.4) is 0 Å². The third-order valence-corrected chi connectivity index (χ3v) is 2.56. The SMILES string of the molecule is COc1cnn(CCN(C)C)c1C(=O)CC(C)N. The molecule has 1 rings (SSSR count). The van der Waals surface area contributed by atoms with Crippen molar-refractivity contribution in [3.05, 3.63) is 11.9 Å². The van der Waals surface area contributed by atoms with Gasteiger partial charge in [0.25, 0.3) is 0 Å². The highest BCUT2D eigenvalue weighted by Crippen LogP contribution is 2.19. The lowest BCUT2D eigenvalue weighted by Crippen LogP contribution is -2.24. The van der Waals surface area contributed by atoms with Crippen molar-refractivity contribution in [2.45, 2.75) is 25.9 Å². The van der Waals surface area contributed by atoms with Crippen LogP contribution in [-0.4, -0.2) is 54.3 Å². The van der Waals surface area contributed by atoms with Crippen molar-refractivity contribution < 1.29 is 9.53 Å². The molecule has 0 fully saturated rings. The largest absolute Gasteiger partial charge is 0.493 e. The van der Waals surface area contributed by atoms with Crippen LogP contribution in [0.5, 0.6) is 5.75 Å². The summed E-state index contributed by atoms with van der Waals surface area (Å²) in [7, 11) is 5.49. The number of rotatable bonds is 7. The number of ketones is 1. The highest BCUT2D eigenvalue weighted by Gasteiger charge is 2.20. The Labute approximate surface area is 108 Å². The number of aromatic nitrogens is 2. The maximum absolute atomic E-state index is 12.1. The fraction of sp³-hybridized carbons (Fsp3) is 0.667. The van der Waals surface area contributed by atoms with Crippen LogP contribution in [0, 0.1) is 0 Å². The summed E-state index contributed by atoms with van der Waals surface area (Å²) in [6, 6.07) is -0.167. The van der Waals surface area contributed by atoms with E-state index >= 15 is 0 Å². The molecule has 18 heavy (non-hydrogen) atoms. The number of ether oxygens (including phenoxy) is 1. The first-order valence-electron chi connectivity index (χ1n) is 5.99. The number of likely N-dealkylation sites (N-methyl/N-ethyl adjacent to an activating group) is 1. The van der Waals surface area contributed by atoms with Gasteiger partial charge in [0.15, 0.2) is 11.5 Å². The molecule has 2 N–H and O–H groups in total. The first kappa shape index (κ1) is 14.7. The van der Waals surface area contributed by atoms with Crippen LogP contribution in [0.15, 0.2) is 6.20 Å². The summed E-state index contributed by atoms with van der Waals surface area (Å²) >= 11 is 0. The van der Waals surface area contributed by atoms with Gasteiger partial charge in [-0.3, -0.25) is 9.48 Å². The average molecular weight is 254 g/mol. The topological polar surface area (TPSA) is 73.4 Å². The number of Topliss-reactive ketones (excluding diaryl/α,β-unsaturated/α-hetero) is 1. The van der Waals surface area contributed by atoms with Crippen molar-refractivity contribution in [2.24, 2.45) is 5.73 Å². The molecule has 0 spiro atoms. The minimum absolute atomic E-state index is 0.0295. The van der Waals surface area contributed by atoms with Crippen LogP contribution in [0.1, 0.15) is 23.8 Å². The predicted molar refractivity (Wildman–Crippen MR) is 69.9 cm³/mol. The second kappa shape index (κ2) is 6.51. The van der Waals surface area contributed by atoms with Gasteiger partial charge in [-0.15, -0.1) is 0 Å². The van der Waals surface area contributed by atoms with Crippen LogP contribution in [0.25, 0.3) is 0 Å². The Bertz CT molecular complexity index is 399. The Morgan fingerprint density at radius 1 is 1.61 bits per heavy atom. The zero-order valence-electron chi connectivity index (χ0n) is 11.5. The first-order chi connectivity index (χ1) is 8.45. The summed E-state index contributed by atoms with van der Waals surface area (Å²) in [4.78, 5) is 14.2. The summed E-state index contributed by atoms with van der Waals surface area (Å²) in [5.74, 6) is 0.484. The van der Waals surface area contributed by atoms with Gasteiger partial charge in [0.1, 0.15) is 5.69 Å². The molecule has 6 heteroatoms. The van der Waals surface area contributed by atoms with E-state index in [2.05, 4.69) is 5.10 Å². The molecule has 0 aliphatic heterocycles. The third-order valence-electron chi connectivity index (χ3n) is 2.56. The molecule has 0 saturated carbocycles. The van der Waals surface area contributed by atoms with E-state index in [-0.39, 0.29) is 11.8 Å². The van der Waals surface area contributed by atoms with Gasteiger partial charge in [-0.25, -0.2) is 0 Å². The van der Waals surface area contributed by atoms with Gasteiger partial charge in [-0.2, -0.15) is 5.10 Å². The van der Waals surface area contributed by atoms with E-state index in [1.165, 1.54) is 7.11 Å². The summed E-state index contributed by atoms with van der Waals surface area (Å²) in [6.45, 7) is 3.27. The number of carbonyl (C=O) groups excluding carboxylic acids is 1. The van der Waals surface area contributed by atoms with Gasteiger partial charge in [0.05, 0.1) is 19.9 Å². The van der Waals surface area contributed by atoms with Gasteiger partial charge in [0.2, 0.25) is 0 Å². The molecule has 0 saturated heterocycles. The second-order valence-electron chi connectivity index (χ2n) is 4.69. The van der Waals surface area contributed by atoms with Gasteiger partial charge in [0, 0.05) is 19.0 Å². The molecule has 102 valence electrons. The van der Waals surface area contributed by atoms with E-state index in [0.717, 1.165) is 6.54 Å². The molecule has 1 unspecified atom stereocenters. The fourth-order valence-electron chi connectivity index (χ4n) is 1.65. The first-order valence-corrected chi connectivity index (χ1v) is 5.99. The molecular formula is C12H22N4O2. The molecule has 6 nitrogen and oxygen atoms in total. The number of carbonyl (C=O) groups is 1. The number of hydrogen-bond acceptors (Lipinski definition) is 5. The molecular weight excluding hydrogens is 232 g/mol. The van der Waals surface area contributed by atoms with E-state index in [1.807, 2.05) is 25.9 Å². The standard InChI is InChI=1S/C12H22N4O2/c1-9(13)7-10(17)12-11(18-4)8-14-16(12)6-5-15(2)3/h8-9H,5-7,13H2,1-4H3. The van der Waals surface area contributed by atoms with E-state index < -0.39 is 0 Å². The van der Waals surface area contributed by atoms with Crippen LogP contribution >= 0.6 is 0 Å². The van der Waals surface area contributed by atoms with Crippen LogP contribution < -0.4 is 10.5 Å². The summed E-state index contributed by atoms with van der Waals surface area (Å²) in [5.41, 5.74) is 6.17. The molecule has 0 aromatic carbocycles. The molecule has 1 atom stereocenters. The van der Waals surface area contributed by atoms with Gasteiger partial charge < -0.3 is 15.4 Å². The summed E-state index contributed by atoms with van der Waals surface area (Å²) in [6.07, 6.45) is 1.87. The monoisotopic (exact) mass is 254 g/mol. The minimum atomic E-state index is -0.167. The van der Waals surface area contributed by atoms with Crippen LogP contribution in [0.4, 0.5) is 0 Å². The lowest BCUT2D eigenvalue weighted by atomic mass is 10.1. The quantitative estimate of drug-likeness (QED) is 0.712. The molecule has 0 radical (unpaired) electrons. The van der Waals surface area contributed by atoms with Crippen LogP contribution in [0.2, 0.25) is 0 Å². The second-order valence-corrected chi connectivity index (χ2v) is 4.69. The van der Waals surface area contributed by atoms with Crippen molar-refractivity contribution in [3.63, 3.8) is 0 Å². The Morgan fingerprint density at radius 3 is 2.78 bits per heavy atom. The number of hydrogen-bond donors (Lipinski definition) is 1. The molecule has 0 bridgehead atoms. The molecule has 0 aliphatic rings. The van der Waals surface area contributed by atoms with Crippen molar-refractivity contribution in [3.8, 4) is 5.75 Å². The van der Waals surface area contributed by atoms with E-state index in [1.54, 1.807) is 10.9 Å². The zero-order valence-corrected chi connectivity index (χ0v) is 11.5. The number of nitrogens with two attached hydrogens (primary N) is 1. The van der Waals surface area contributed by atoms with Crippen molar-refractivity contribution in [1.29, 1.82) is 0 Å². The fourth-order valence-corrected chi connectivity index (χ4v) is 1.65. The highest BCUT2D eigenvalue weighted by atomic mass is 16.5. The molecule has 0 aliphatic carbocycles. The third kappa shape index (κ3) is 3.82. The Kier molecular flexibility index (Phi) is 5.30. The van der Waals surface area contributed by atoms with Crippen molar-refractivity contribution >= 4 is 5.78 Å². The lowest BCUT2D eigenvalue weighted by Gasteiger charge is -2.12. The predicted octanol–water partition coefficient (Wildman–Crippen LogP) is 0.373. The minimum Gasteiger partial charge on any atom is -0.493 e. The van der Waals surface area contributed by atoms with Crippen molar-refractivity contribution in [2.75, 3.05) is 27.7 Å². The smallest absolute Gasteiger partial charge is 0.186 e. The van der Waals surface area contributed by atoms with Gasteiger partial charge >= 0.3 is 0 Å². The molecule has 1 heterocycles. The lowest BCUT2D eigenvalue weighted by molar-refractivity contribution is 0.0962. The van der Waals surface area contributed by atoms with Gasteiger partial charge in [-0.05, 0) is 21.0 Å². The van der Waals surface area contributed by atoms with Crippen molar-refractivity contribution in [1.82, 2.24) is 14.7 Å². The maximum Gasteiger partial charge on any atom is 0.186 e.